The normalized spacial score (nSPS) is 22.5. The lowest BCUT2D eigenvalue weighted by Gasteiger charge is -2.34. The molecule has 0 unspecified atom stereocenters. The molecule has 2 heterocycles. The maximum atomic E-state index is 12.7. The van der Waals surface area contributed by atoms with Crippen molar-refractivity contribution in [2.24, 2.45) is 5.41 Å². The Labute approximate surface area is 140 Å². The number of Topliss-reactive ketones (excluding diaryl/α,β-unsaturated/α-hetero) is 1. The van der Waals surface area contributed by atoms with Crippen LogP contribution in [0.4, 0.5) is 5.13 Å². The van der Waals surface area contributed by atoms with E-state index in [9.17, 15) is 9.59 Å². The van der Waals surface area contributed by atoms with E-state index in [2.05, 4.69) is 29.5 Å². The zero-order chi connectivity index (χ0) is 16.7. The lowest BCUT2D eigenvalue weighted by Crippen LogP contribution is -2.51. The molecule has 2 N–H and O–H groups in total. The summed E-state index contributed by atoms with van der Waals surface area (Å²) in [6.45, 7) is 5.64. The molecule has 0 saturated carbocycles. The molecule has 126 valence electrons. The summed E-state index contributed by atoms with van der Waals surface area (Å²) < 4.78 is 5.53. The summed E-state index contributed by atoms with van der Waals surface area (Å²) in [5.41, 5.74) is -0.0635. The number of carbonyl (C=O) groups excluding carboxylic acids is 2. The van der Waals surface area contributed by atoms with Crippen LogP contribution in [-0.2, 0) is 16.0 Å². The van der Waals surface area contributed by atoms with E-state index >= 15 is 0 Å². The summed E-state index contributed by atoms with van der Waals surface area (Å²) in [5, 5.41) is 6.60. The molecular weight excluding hydrogens is 314 g/mol. The number of hydrogen-bond donors (Lipinski definition) is 2. The van der Waals surface area contributed by atoms with Crippen LogP contribution in [0.25, 0.3) is 0 Å². The molecule has 1 aliphatic heterocycles. The number of ketones is 1. The van der Waals surface area contributed by atoms with Crippen LogP contribution in [0.3, 0.4) is 0 Å². The second-order valence-corrected chi connectivity index (χ2v) is 8.14. The fraction of sp³-hybridized carbons (Fsp3) is 0.688. The van der Waals surface area contributed by atoms with Crippen LogP contribution >= 0.6 is 11.3 Å². The van der Waals surface area contributed by atoms with Crippen LogP contribution in [-0.4, -0.2) is 42.5 Å². The number of amides is 1. The fourth-order valence-corrected chi connectivity index (χ4v) is 4.25. The van der Waals surface area contributed by atoms with Crippen molar-refractivity contribution in [1.82, 2.24) is 10.3 Å². The number of rotatable bonds is 3. The molecule has 6 nitrogen and oxygen atoms in total. The number of nitrogens with zero attached hydrogens (tertiary/aromatic N) is 1. The molecule has 0 spiro atoms. The van der Waals surface area contributed by atoms with E-state index in [0.717, 1.165) is 25.2 Å². The standard InChI is InChI=1S/C16H23N3O3S/c1-15(2)8-10-12(11(20)9-15)23-14(18-10)19-13(21)16(22-3)4-6-17-7-5-16/h17H,4-9H2,1-3H3,(H,18,19,21). The van der Waals surface area contributed by atoms with E-state index < -0.39 is 5.60 Å². The van der Waals surface area contributed by atoms with Gasteiger partial charge in [0, 0.05) is 13.5 Å². The first-order chi connectivity index (χ1) is 10.9. The second kappa shape index (κ2) is 5.96. The first-order valence-corrected chi connectivity index (χ1v) is 8.77. The van der Waals surface area contributed by atoms with Gasteiger partial charge >= 0.3 is 0 Å². The first-order valence-electron chi connectivity index (χ1n) is 7.95. The quantitative estimate of drug-likeness (QED) is 0.882. The Kier molecular flexibility index (Phi) is 4.29. The second-order valence-electron chi connectivity index (χ2n) is 7.14. The lowest BCUT2D eigenvalue weighted by atomic mass is 9.78. The van der Waals surface area contributed by atoms with Crippen molar-refractivity contribution in [2.75, 3.05) is 25.5 Å². The summed E-state index contributed by atoms with van der Waals surface area (Å²) in [5.74, 6) is -0.0446. The van der Waals surface area contributed by atoms with E-state index in [1.165, 1.54) is 11.3 Å². The van der Waals surface area contributed by atoms with Crippen molar-refractivity contribution in [1.29, 1.82) is 0 Å². The van der Waals surface area contributed by atoms with Crippen LogP contribution in [0.15, 0.2) is 0 Å². The minimum Gasteiger partial charge on any atom is -0.368 e. The first kappa shape index (κ1) is 16.5. The molecule has 0 bridgehead atoms. The van der Waals surface area contributed by atoms with Crippen molar-refractivity contribution in [3.05, 3.63) is 10.6 Å². The van der Waals surface area contributed by atoms with E-state index in [-0.39, 0.29) is 17.1 Å². The Balaban J connectivity index is 1.79. The summed E-state index contributed by atoms with van der Waals surface area (Å²) in [7, 11) is 1.57. The van der Waals surface area contributed by atoms with Gasteiger partial charge in [0.2, 0.25) is 0 Å². The van der Waals surface area contributed by atoms with E-state index in [1.54, 1.807) is 7.11 Å². The van der Waals surface area contributed by atoms with Crippen molar-refractivity contribution in [3.63, 3.8) is 0 Å². The highest BCUT2D eigenvalue weighted by atomic mass is 32.1. The predicted octanol–water partition coefficient (Wildman–Crippen LogP) is 2.01. The number of carbonyl (C=O) groups is 2. The van der Waals surface area contributed by atoms with Gasteiger partial charge in [-0.3, -0.25) is 14.9 Å². The van der Waals surface area contributed by atoms with E-state index in [1.807, 2.05) is 0 Å². The Morgan fingerprint density at radius 2 is 2.00 bits per heavy atom. The molecule has 23 heavy (non-hydrogen) atoms. The number of aromatic nitrogens is 1. The monoisotopic (exact) mass is 337 g/mol. The van der Waals surface area contributed by atoms with Crippen molar-refractivity contribution < 1.29 is 14.3 Å². The largest absolute Gasteiger partial charge is 0.368 e. The van der Waals surface area contributed by atoms with Gasteiger partial charge in [0.15, 0.2) is 10.9 Å². The zero-order valence-corrected chi connectivity index (χ0v) is 14.6. The molecule has 1 aromatic heterocycles. The van der Waals surface area contributed by atoms with E-state index in [0.29, 0.717) is 29.3 Å². The van der Waals surface area contributed by atoms with Crippen LogP contribution in [0.1, 0.15) is 48.5 Å². The van der Waals surface area contributed by atoms with Crippen LogP contribution < -0.4 is 10.6 Å². The van der Waals surface area contributed by atoms with Gasteiger partial charge < -0.3 is 10.1 Å². The molecule has 0 aromatic carbocycles. The Bertz CT molecular complexity index is 633. The molecule has 1 aliphatic carbocycles. The third-order valence-corrected chi connectivity index (χ3v) is 5.73. The number of methoxy groups -OCH3 is 1. The third-order valence-electron chi connectivity index (χ3n) is 4.67. The van der Waals surface area contributed by atoms with Crippen LogP contribution in [0.5, 0.6) is 0 Å². The Morgan fingerprint density at radius 1 is 1.30 bits per heavy atom. The van der Waals surface area contributed by atoms with Crippen molar-refractivity contribution in [2.45, 2.75) is 45.1 Å². The molecule has 1 saturated heterocycles. The number of hydrogen-bond acceptors (Lipinski definition) is 6. The van der Waals surface area contributed by atoms with E-state index in [4.69, 9.17) is 4.74 Å². The number of piperidine rings is 1. The number of ether oxygens (including phenoxy) is 1. The minimum absolute atomic E-state index is 0.0672. The summed E-state index contributed by atoms with van der Waals surface area (Å²) in [6.07, 6.45) is 2.56. The van der Waals surface area contributed by atoms with Gasteiger partial charge in [-0.15, -0.1) is 0 Å². The maximum absolute atomic E-state index is 12.7. The summed E-state index contributed by atoms with van der Waals surface area (Å²) in [6, 6.07) is 0. The maximum Gasteiger partial charge on any atom is 0.258 e. The molecule has 7 heteroatoms. The van der Waals surface area contributed by atoms with Gasteiger partial charge in [0.25, 0.3) is 5.91 Å². The van der Waals surface area contributed by atoms with Gasteiger partial charge in [0.1, 0.15) is 5.60 Å². The molecule has 3 rings (SSSR count). The average Bonchev–Trinajstić information content (AvgIpc) is 2.89. The fourth-order valence-electron chi connectivity index (χ4n) is 3.34. The van der Waals surface area contributed by atoms with Crippen LogP contribution in [0, 0.1) is 5.41 Å². The van der Waals surface area contributed by atoms with Gasteiger partial charge in [-0.05, 0) is 37.8 Å². The molecule has 2 aliphatic rings. The number of fused-ring (bicyclic) bond motifs is 1. The molecule has 1 fully saturated rings. The average molecular weight is 337 g/mol. The van der Waals surface area contributed by atoms with Crippen LogP contribution in [0.2, 0.25) is 0 Å². The molecule has 1 amide bonds. The van der Waals surface area contributed by atoms with Gasteiger partial charge in [-0.2, -0.15) is 0 Å². The Morgan fingerprint density at radius 3 is 2.65 bits per heavy atom. The molecule has 0 radical (unpaired) electrons. The third kappa shape index (κ3) is 3.18. The SMILES string of the molecule is COC1(C(=O)Nc2nc3c(s2)C(=O)CC(C)(C)C3)CCNCC1. The smallest absolute Gasteiger partial charge is 0.258 e. The summed E-state index contributed by atoms with van der Waals surface area (Å²) >= 11 is 1.28. The highest BCUT2D eigenvalue weighted by molar-refractivity contribution is 7.17. The zero-order valence-electron chi connectivity index (χ0n) is 13.8. The predicted molar refractivity (Wildman–Crippen MR) is 89.0 cm³/mol. The highest BCUT2D eigenvalue weighted by Gasteiger charge is 2.41. The van der Waals surface area contributed by atoms with Gasteiger partial charge in [-0.1, -0.05) is 25.2 Å². The number of thiazole rings is 1. The minimum atomic E-state index is -0.805. The molecule has 0 atom stereocenters. The highest BCUT2D eigenvalue weighted by Crippen LogP contribution is 2.38. The number of anilines is 1. The Hall–Kier alpha value is -1.31. The molecule has 1 aromatic rings. The summed E-state index contributed by atoms with van der Waals surface area (Å²) in [4.78, 5) is 30.1. The van der Waals surface area contributed by atoms with Crippen molar-refractivity contribution in [3.8, 4) is 0 Å². The van der Waals surface area contributed by atoms with Gasteiger partial charge in [0.05, 0.1) is 10.6 Å². The molecular formula is C16H23N3O3S. The lowest BCUT2D eigenvalue weighted by molar-refractivity contribution is -0.140. The van der Waals surface area contributed by atoms with Crippen molar-refractivity contribution >= 4 is 28.2 Å². The van der Waals surface area contributed by atoms with Gasteiger partial charge in [-0.25, -0.2) is 4.98 Å². The number of nitrogens with one attached hydrogen (secondary N) is 2. The topological polar surface area (TPSA) is 80.3 Å².